The maximum absolute atomic E-state index is 11.0. The van der Waals surface area contributed by atoms with E-state index >= 15 is 0 Å². The molecule has 2 rings (SSSR count). The molecule has 4 heteroatoms. The quantitative estimate of drug-likeness (QED) is 0.681. The Balaban J connectivity index is 2.76. The summed E-state index contributed by atoms with van der Waals surface area (Å²) >= 11 is 0. The van der Waals surface area contributed by atoms with Crippen LogP contribution in [0.4, 0.5) is 16.2 Å². The molecule has 0 atom stereocenters. The van der Waals surface area contributed by atoms with Gasteiger partial charge in [-0.1, -0.05) is 39.0 Å². The molecule has 19 heavy (non-hydrogen) atoms. The molecule has 4 N–H and O–H groups in total. The molecule has 0 fully saturated rings. The van der Waals surface area contributed by atoms with E-state index in [1.54, 1.807) is 6.07 Å². The summed E-state index contributed by atoms with van der Waals surface area (Å²) in [5.74, 6) is 0. The van der Waals surface area contributed by atoms with Gasteiger partial charge < -0.3 is 10.8 Å². The smallest absolute Gasteiger partial charge is 0.409 e. The highest BCUT2D eigenvalue weighted by atomic mass is 16.4. The van der Waals surface area contributed by atoms with E-state index in [0.29, 0.717) is 11.4 Å². The zero-order chi connectivity index (χ0) is 14.2. The summed E-state index contributed by atoms with van der Waals surface area (Å²) in [5.41, 5.74) is 7.88. The second kappa shape index (κ2) is 4.46. The first-order valence-corrected chi connectivity index (χ1v) is 6.12. The number of carboxylic acid groups (broad SMARTS) is 1. The molecule has 0 bridgehead atoms. The fourth-order valence-corrected chi connectivity index (χ4v) is 2.21. The van der Waals surface area contributed by atoms with Crippen molar-refractivity contribution < 1.29 is 9.90 Å². The van der Waals surface area contributed by atoms with Gasteiger partial charge in [-0.3, -0.25) is 5.32 Å². The predicted octanol–water partition coefficient (Wildman–Crippen LogP) is 3.81. The molecule has 0 aromatic heterocycles. The number of nitrogen functional groups attached to an aromatic ring is 1. The molecule has 2 aromatic rings. The molecule has 0 radical (unpaired) electrons. The molecule has 4 nitrogen and oxygen atoms in total. The van der Waals surface area contributed by atoms with Gasteiger partial charge in [-0.15, -0.1) is 0 Å². The zero-order valence-corrected chi connectivity index (χ0v) is 11.3. The molecular formula is C15H18N2O2. The Hall–Kier alpha value is -2.23. The highest BCUT2D eigenvalue weighted by Gasteiger charge is 2.20. The van der Waals surface area contributed by atoms with Crippen LogP contribution in [0.3, 0.4) is 0 Å². The number of carbonyl (C=O) groups is 1. The lowest BCUT2D eigenvalue weighted by Crippen LogP contribution is -2.17. The van der Waals surface area contributed by atoms with Gasteiger partial charge in [0.2, 0.25) is 0 Å². The number of hydrogen-bond acceptors (Lipinski definition) is 2. The van der Waals surface area contributed by atoms with Crippen LogP contribution in [0.15, 0.2) is 30.3 Å². The highest BCUT2D eigenvalue weighted by Crippen LogP contribution is 2.36. The van der Waals surface area contributed by atoms with Crippen molar-refractivity contribution in [3.8, 4) is 0 Å². The van der Waals surface area contributed by atoms with E-state index < -0.39 is 6.09 Å². The summed E-state index contributed by atoms with van der Waals surface area (Å²) in [7, 11) is 0. The number of benzene rings is 2. The fraction of sp³-hybridized carbons (Fsp3) is 0.267. The third-order valence-corrected chi connectivity index (χ3v) is 3.08. The molecule has 0 saturated carbocycles. The SMILES string of the molecule is CC(C)(C)c1ccc2cc(N)ccc2c1NC(=O)O. The lowest BCUT2D eigenvalue weighted by atomic mass is 9.84. The maximum atomic E-state index is 11.0. The van der Waals surface area contributed by atoms with Gasteiger partial charge in [-0.2, -0.15) is 0 Å². The van der Waals surface area contributed by atoms with E-state index in [4.69, 9.17) is 10.8 Å². The maximum Gasteiger partial charge on any atom is 0.409 e. The summed E-state index contributed by atoms with van der Waals surface area (Å²) in [5, 5.41) is 13.3. The first-order chi connectivity index (χ1) is 8.79. The van der Waals surface area contributed by atoms with Crippen molar-refractivity contribution in [1.29, 1.82) is 0 Å². The average Bonchev–Trinajstić information content (AvgIpc) is 2.26. The van der Waals surface area contributed by atoms with Gasteiger partial charge in [0.15, 0.2) is 0 Å². The summed E-state index contributed by atoms with van der Waals surface area (Å²) < 4.78 is 0. The summed E-state index contributed by atoms with van der Waals surface area (Å²) in [6.07, 6.45) is -1.06. The van der Waals surface area contributed by atoms with E-state index in [1.807, 2.05) is 24.3 Å². The van der Waals surface area contributed by atoms with Crippen LogP contribution in [0.2, 0.25) is 0 Å². The van der Waals surface area contributed by atoms with Crippen LogP contribution in [-0.2, 0) is 5.41 Å². The molecule has 0 heterocycles. The van der Waals surface area contributed by atoms with Crippen LogP contribution in [0, 0.1) is 0 Å². The first kappa shape index (κ1) is 13.2. The number of fused-ring (bicyclic) bond motifs is 1. The second-order valence-electron chi connectivity index (χ2n) is 5.65. The Morgan fingerprint density at radius 1 is 1.21 bits per heavy atom. The van der Waals surface area contributed by atoms with Crippen molar-refractivity contribution in [2.75, 3.05) is 11.1 Å². The minimum atomic E-state index is -1.06. The Bertz CT molecular complexity index is 642. The third kappa shape index (κ3) is 2.62. The number of amides is 1. The van der Waals surface area contributed by atoms with Crippen molar-refractivity contribution in [3.05, 3.63) is 35.9 Å². The Labute approximate surface area is 112 Å². The zero-order valence-electron chi connectivity index (χ0n) is 11.3. The van der Waals surface area contributed by atoms with E-state index in [-0.39, 0.29) is 5.41 Å². The molecule has 0 unspecified atom stereocenters. The van der Waals surface area contributed by atoms with Crippen LogP contribution in [-0.4, -0.2) is 11.2 Å². The van der Waals surface area contributed by atoms with E-state index in [1.165, 1.54) is 0 Å². The molecule has 0 spiro atoms. The van der Waals surface area contributed by atoms with Crippen molar-refractivity contribution in [1.82, 2.24) is 0 Å². The normalized spacial score (nSPS) is 11.5. The third-order valence-electron chi connectivity index (χ3n) is 3.08. The summed E-state index contributed by atoms with van der Waals surface area (Å²) in [6.45, 7) is 6.16. The largest absolute Gasteiger partial charge is 0.465 e. The van der Waals surface area contributed by atoms with Crippen LogP contribution < -0.4 is 11.1 Å². The molecule has 0 aliphatic rings. The van der Waals surface area contributed by atoms with Gasteiger partial charge >= 0.3 is 6.09 Å². The van der Waals surface area contributed by atoms with Crippen molar-refractivity contribution in [2.24, 2.45) is 0 Å². The van der Waals surface area contributed by atoms with Crippen LogP contribution in [0.1, 0.15) is 26.3 Å². The fourth-order valence-electron chi connectivity index (χ4n) is 2.21. The lowest BCUT2D eigenvalue weighted by Gasteiger charge is -2.24. The molecule has 0 saturated heterocycles. The van der Waals surface area contributed by atoms with E-state index in [2.05, 4.69) is 26.1 Å². The lowest BCUT2D eigenvalue weighted by molar-refractivity contribution is 0.209. The van der Waals surface area contributed by atoms with Crippen molar-refractivity contribution in [3.63, 3.8) is 0 Å². The van der Waals surface area contributed by atoms with Gasteiger partial charge in [0.1, 0.15) is 0 Å². The highest BCUT2D eigenvalue weighted by molar-refractivity contribution is 6.02. The topological polar surface area (TPSA) is 75.3 Å². The molecular weight excluding hydrogens is 240 g/mol. The number of nitrogens with two attached hydrogens (primary N) is 1. The van der Waals surface area contributed by atoms with Crippen LogP contribution in [0.25, 0.3) is 10.8 Å². The molecule has 100 valence electrons. The minimum Gasteiger partial charge on any atom is -0.465 e. The number of nitrogens with one attached hydrogen (secondary N) is 1. The number of rotatable bonds is 1. The Morgan fingerprint density at radius 2 is 1.89 bits per heavy atom. The van der Waals surface area contributed by atoms with Crippen LogP contribution in [0.5, 0.6) is 0 Å². The molecule has 0 aliphatic carbocycles. The predicted molar refractivity (Wildman–Crippen MR) is 78.7 cm³/mol. The molecule has 2 aromatic carbocycles. The average molecular weight is 258 g/mol. The minimum absolute atomic E-state index is 0.145. The van der Waals surface area contributed by atoms with E-state index in [9.17, 15) is 4.79 Å². The van der Waals surface area contributed by atoms with Crippen LogP contribution >= 0.6 is 0 Å². The number of anilines is 2. The monoisotopic (exact) mass is 258 g/mol. The molecule has 1 amide bonds. The summed E-state index contributed by atoms with van der Waals surface area (Å²) in [4.78, 5) is 11.0. The summed E-state index contributed by atoms with van der Waals surface area (Å²) in [6, 6.07) is 9.40. The van der Waals surface area contributed by atoms with Gasteiger partial charge in [0, 0.05) is 11.1 Å². The number of hydrogen-bond donors (Lipinski definition) is 3. The van der Waals surface area contributed by atoms with Gasteiger partial charge in [-0.25, -0.2) is 4.79 Å². The van der Waals surface area contributed by atoms with Crippen molar-refractivity contribution >= 4 is 28.2 Å². The van der Waals surface area contributed by atoms with Crippen molar-refractivity contribution in [2.45, 2.75) is 26.2 Å². The van der Waals surface area contributed by atoms with E-state index in [0.717, 1.165) is 16.3 Å². The molecule has 0 aliphatic heterocycles. The van der Waals surface area contributed by atoms with Gasteiger partial charge in [-0.05, 0) is 28.5 Å². The Kier molecular flexibility index (Phi) is 3.10. The first-order valence-electron chi connectivity index (χ1n) is 6.12. The second-order valence-corrected chi connectivity index (χ2v) is 5.65. The Morgan fingerprint density at radius 3 is 2.47 bits per heavy atom. The standard InChI is InChI=1S/C15H18N2O2/c1-15(2,3)12-7-4-9-8-10(16)5-6-11(9)13(12)17-14(18)19/h4-8,17H,16H2,1-3H3,(H,18,19). The van der Waals surface area contributed by atoms with Gasteiger partial charge in [0.05, 0.1) is 5.69 Å². The van der Waals surface area contributed by atoms with Gasteiger partial charge in [0.25, 0.3) is 0 Å².